The van der Waals surface area contributed by atoms with Gasteiger partial charge in [-0.3, -0.25) is 4.79 Å². The molecule has 1 saturated heterocycles. The molecule has 1 aromatic carbocycles. The molecule has 1 atom stereocenters. The predicted molar refractivity (Wildman–Crippen MR) is 104 cm³/mol. The molecule has 0 unspecified atom stereocenters. The molecular formula is C20H30N4O2. The Morgan fingerprint density at radius 3 is 3.12 bits per heavy atom. The molecule has 0 saturated carbocycles. The first kappa shape index (κ1) is 18.7. The molecule has 1 aromatic heterocycles. The van der Waals surface area contributed by atoms with Crippen LogP contribution in [0.25, 0.3) is 11.0 Å². The minimum absolute atomic E-state index is 0.0183. The summed E-state index contributed by atoms with van der Waals surface area (Å²) in [6.45, 7) is 9.13. The van der Waals surface area contributed by atoms with E-state index >= 15 is 0 Å². The number of anilines is 1. The number of hydrogen-bond donors (Lipinski definition) is 2. The zero-order valence-electron chi connectivity index (χ0n) is 16.0. The van der Waals surface area contributed by atoms with Crippen LogP contribution in [0, 0.1) is 12.8 Å². The Morgan fingerprint density at radius 1 is 1.46 bits per heavy atom. The molecule has 2 N–H and O–H groups in total. The van der Waals surface area contributed by atoms with Gasteiger partial charge in [-0.25, -0.2) is 4.98 Å². The lowest BCUT2D eigenvalue weighted by atomic mass is 9.97. The summed E-state index contributed by atoms with van der Waals surface area (Å²) in [7, 11) is 0. The van der Waals surface area contributed by atoms with Crippen molar-refractivity contribution in [3.05, 3.63) is 23.8 Å². The van der Waals surface area contributed by atoms with Gasteiger partial charge < -0.3 is 19.9 Å². The highest BCUT2D eigenvalue weighted by Gasteiger charge is 2.27. The molecule has 3 rings (SSSR count). The van der Waals surface area contributed by atoms with Crippen LogP contribution >= 0.6 is 0 Å². The Bertz CT molecular complexity index is 740. The molecule has 6 heteroatoms. The van der Waals surface area contributed by atoms with E-state index < -0.39 is 0 Å². The number of rotatable bonds is 7. The fraction of sp³-hybridized carbons (Fsp3) is 0.600. The number of fused-ring (bicyclic) bond motifs is 1. The molecule has 1 fully saturated rings. The maximum Gasteiger partial charge on any atom is 0.224 e. The summed E-state index contributed by atoms with van der Waals surface area (Å²) in [6.07, 6.45) is 3.03. The lowest BCUT2D eigenvalue weighted by Gasteiger charge is -2.31. The van der Waals surface area contributed by atoms with Crippen LogP contribution in [0.2, 0.25) is 0 Å². The van der Waals surface area contributed by atoms with E-state index in [1.807, 2.05) is 19.9 Å². The summed E-state index contributed by atoms with van der Waals surface area (Å²) >= 11 is 0. The number of H-pyrrole nitrogens is 1. The molecular weight excluding hydrogens is 328 g/mol. The summed E-state index contributed by atoms with van der Waals surface area (Å²) in [5.41, 5.74) is 3.24. The molecule has 0 bridgehead atoms. The first-order valence-corrected chi connectivity index (χ1v) is 9.63. The topological polar surface area (TPSA) is 70.2 Å². The molecule has 1 amide bonds. The fourth-order valence-corrected chi connectivity index (χ4v) is 3.39. The van der Waals surface area contributed by atoms with Gasteiger partial charge in [0.1, 0.15) is 0 Å². The van der Waals surface area contributed by atoms with Crippen molar-refractivity contribution < 1.29 is 9.53 Å². The number of aromatic amines is 1. The number of amides is 1. The Kier molecular flexibility index (Phi) is 6.14. The van der Waals surface area contributed by atoms with Gasteiger partial charge in [-0.2, -0.15) is 0 Å². The average molecular weight is 358 g/mol. The normalized spacial score (nSPS) is 17.8. The minimum atomic E-state index is 0.0183. The van der Waals surface area contributed by atoms with Crippen LogP contribution < -0.4 is 10.2 Å². The van der Waals surface area contributed by atoms with E-state index in [9.17, 15) is 4.79 Å². The summed E-state index contributed by atoms with van der Waals surface area (Å²) in [5.74, 6) is 1.03. The van der Waals surface area contributed by atoms with Gasteiger partial charge in [-0.15, -0.1) is 0 Å². The highest BCUT2D eigenvalue weighted by Crippen LogP contribution is 2.24. The van der Waals surface area contributed by atoms with Crippen molar-refractivity contribution >= 4 is 22.9 Å². The molecule has 1 aliphatic rings. The molecule has 0 spiro atoms. The van der Waals surface area contributed by atoms with Crippen LogP contribution in [0.3, 0.4) is 0 Å². The number of nitrogens with one attached hydrogen (secondary N) is 2. The van der Waals surface area contributed by atoms with Gasteiger partial charge in [0.05, 0.1) is 23.1 Å². The summed E-state index contributed by atoms with van der Waals surface area (Å²) < 4.78 is 5.51. The predicted octanol–water partition coefficient (Wildman–Crippen LogP) is 3.02. The van der Waals surface area contributed by atoms with Crippen molar-refractivity contribution in [2.75, 3.05) is 31.1 Å². The maximum atomic E-state index is 12.5. The van der Waals surface area contributed by atoms with Gasteiger partial charge >= 0.3 is 0 Å². The largest absolute Gasteiger partial charge is 0.379 e. The van der Waals surface area contributed by atoms with Crippen molar-refractivity contribution in [2.45, 2.75) is 46.1 Å². The van der Waals surface area contributed by atoms with Gasteiger partial charge in [0.15, 0.2) is 0 Å². The Labute approximate surface area is 155 Å². The van der Waals surface area contributed by atoms with Crippen molar-refractivity contribution in [2.24, 2.45) is 5.92 Å². The van der Waals surface area contributed by atoms with Crippen LogP contribution in [0.4, 0.5) is 5.95 Å². The number of piperidine rings is 1. The molecule has 2 aromatic rings. The van der Waals surface area contributed by atoms with Crippen molar-refractivity contribution in [3.63, 3.8) is 0 Å². The van der Waals surface area contributed by atoms with Gasteiger partial charge in [-0.1, -0.05) is 6.07 Å². The fourth-order valence-electron chi connectivity index (χ4n) is 3.39. The highest BCUT2D eigenvalue weighted by molar-refractivity contribution is 5.80. The van der Waals surface area contributed by atoms with Crippen molar-refractivity contribution in [1.82, 2.24) is 15.3 Å². The second kappa shape index (κ2) is 8.54. The minimum Gasteiger partial charge on any atom is -0.379 e. The van der Waals surface area contributed by atoms with Gasteiger partial charge in [-0.05, 0) is 57.7 Å². The molecule has 1 aliphatic heterocycles. The van der Waals surface area contributed by atoms with Crippen LogP contribution in [0.5, 0.6) is 0 Å². The maximum absolute atomic E-state index is 12.5. The number of imidazole rings is 1. The van der Waals surface area contributed by atoms with E-state index in [1.54, 1.807) is 0 Å². The van der Waals surface area contributed by atoms with E-state index in [-0.39, 0.29) is 17.9 Å². The van der Waals surface area contributed by atoms with Crippen LogP contribution in [0.15, 0.2) is 18.2 Å². The number of carbonyl (C=O) groups excluding carboxylic acids is 1. The smallest absolute Gasteiger partial charge is 0.224 e. The molecule has 6 nitrogen and oxygen atoms in total. The Balaban J connectivity index is 1.53. The molecule has 0 aliphatic carbocycles. The van der Waals surface area contributed by atoms with Gasteiger partial charge in [0.25, 0.3) is 0 Å². The first-order chi connectivity index (χ1) is 12.5. The quantitative estimate of drug-likeness (QED) is 0.747. The van der Waals surface area contributed by atoms with E-state index in [0.717, 1.165) is 42.8 Å². The summed E-state index contributed by atoms with van der Waals surface area (Å²) in [5, 5.41) is 3.06. The Morgan fingerprint density at radius 2 is 2.31 bits per heavy atom. The SMILES string of the molecule is Cc1ccc2nc(N3CCC[C@@H](C(=O)NCCCOC(C)C)C3)[nH]c2c1. The first-order valence-electron chi connectivity index (χ1n) is 9.63. The van der Waals surface area contributed by atoms with Crippen LogP contribution in [0.1, 0.15) is 38.7 Å². The number of aromatic nitrogens is 2. The third kappa shape index (κ3) is 4.75. The zero-order valence-corrected chi connectivity index (χ0v) is 16.0. The number of hydrogen-bond acceptors (Lipinski definition) is 4. The molecule has 0 radical (unpaired) electrons. The number of benzene rings is 1. The number of nitrogens with zero attached hydrogens (tertiary/aromatic N) is 2. The lowest BCUT2D eigenvalue weighted by molar-refractivity contribution is -0.125. The lowest BCUT2D eigenvalue weighted by Crippen LogP contribution is -2.43. The summed E-state index contributed by atoms with van der Waals surface area (Å²) in [4.78, 5) is 22.8. The van der Waals surface area contributed by atoms with Crippen LogP contribution in [-0.4, -0.2) is 48.2 Å². The molecule has 142 valence electrons. The van der Waals surface area contributed by atoms with Gasteiger partial charge in [0, 0.05) is 26.2 Å². The second-order valence-corrected chi connectivity index (χ2v) is 7.43. The van der Waals surface area contributed by atoms with E-state index in [4.69, 9.17) is 9.72 Å². The van der Waals surface area contributed by atoms with E-state index in [1.165, 1.54) is 5.56 Å². The number of carbonyl (C=O) groups is 1. The standard InChI is InChI=1S/C20H30N4O2/c1-14(2)26-11-5-9-21-19(25)16-6-4-10-24(13-16)20-22-17-8-7-15(3)12-18(17)23-20/h7-8,12,14,16H,4-6,9-11,13H2,1-3H3,(H,21,25)(H,22,23)/t16-/m1/s1. The van der Waals surface area contributed by atoms with E-state index in [0.29, 0.717) is 19.7 Å². The summed E-state index contributed by atoms with van der Waals surface area (Å²) in [6, 6.07) is 6.22. The average Bonchev–Trinajstić information content (AvgIpc) is 3.04. The van der Waals surface area contributed by atoms with Crippen LogP contribution in [-0.2, 0) is 9.53 Å². The van der Waals surface area contributed by atoms with Crippen molar-refractivity contribution in [1.29, 1.82) is 0 Å². The van der Waals surface area contributed by atoms with Gasteiger partial charge in [0.2, 0.25) is 11.9 Å². The zero-order chi connectivity index (χ0) is 18.5. The second-order valence-electron chi connectivity index (χ2n) is 7.43. The third-order valence-electron chi connectivity index (χ3n) is 4.79. The van der Waals surface area contributed by atoms with E-state index in [2.05, 4.69) is 34.3 Å². The molecule has 2 heterocycles. The monoisotopic (exact) mass is 358 g/mol. The molecule has 26 heavy (non-hydrogen) atoms. The number of aryl methyl sites for hydroxylation is 1. The number of ether oxygens (including phenoxy) is 1. The highest BCUT2D eigenvalue weighted by atomic mass is 16.5. The third-order valence-corrected chi connectivity index (χ3v) is 4.79. The Hall–Kier alpha value is -2.08. The van der Waals surface area contributed by atoms with Crippen molar-refractivity contribution in [3.8, 4) is 0 Å².